The summed E-state index contributed by atoms with van der Waals surface area (Å²) in [5, 5.41) is 0. The third-order valence-electron chi connectivity index (χ3n) is 2.36. The van der Waals surface area contributed by atoms with Crippen LogP contribution in [0.25, 0.3) is 0 Å². The van der Waals surface area contributed by atoms with Crippen LogP contribution in [0.5, 0.6) is 0 Å². The van der Waals surface area contributed by atoms with Crippen molar-refractivity contribution in [1.29, 1.82) is 0 Å². The van der Waals surface area contributed by atoms with Crippen LogP contribution in [0.3, 0.4) is 0 Å². The smallest absolute Gasteiger partial charge is 0.0931 e. The van der Waals surface area contributed by atoms with Crippen molar-refractivity contribution in [2.24, 2.45) is 5.73 Å². The Balaban J connectivity index is 2.13. The molecule has 0 amide bonds. The molecule has 0 aromatic carbocycles. The molecule has 0 aliphatic heterocycles. The van der Waals surface area contributed by atoms with Crippen molar-refractivity contribution in [2.45, 2.75) is 19.3 Å². The number of likely N-dealkylation sites (N-methyl/N-ethyl adjacent to an activating group) is 1. The van der Waals surface area contributed by atoms with Crippen LogP contribution in [0.1, 0.15) is 17.7 Å². The van der Waals surface area contributed by atoms with Crippen molar-refractivity contribution in [1.82, 2.24) is 4.90 Å². The molecule has 1 rings (SSSR count). The van der Waals surface area contributed by atoms with Crippen molar-refractivity contribution in [3.05, 3.63) is 21.3 Å². The van der Waals surface area contributed by atoms with Crippen LogP contribution in [0.4, 0.5) is 0 Å². The quantitative estimate of drug-likeness (QED) is 0.750. The van der Waals surface area contributed by atoms with Gasteiger partial charge in [-0.15, -0.1) is 11.3 Å². The minimum atomic E-state index is 0.800. The SMILES string of the molecule is CN(CCCCN)CCc1ccc(Cl)s1. The van der Waals surface area contributed by atoms with Gasteiger partial charge in [0.2, 0.25) is 0 Å². The third-order valence-corrected chi connectivity index (χ3v) is 3.65. The number of nitrogens with two attached hydrogens (primary N) is 1. The largest absolute Gasteiger partial charge is 0.330 e. The van der Waals surface area contributed by atoms with E-state index in [1.807, 2.05) is 6.07 Å². The third kappa shape index (κ3) is 5.52. The summed E-state index contributed by atoms with van der Waals surface area (Å²) in [6.45, 7) is 3.03. The summed E-state index contributed by atoms with van der Waals surface area (Å²) in [5.74, 6) is 0. The van der Waals surface area contributed by atoms with Gasteiger partial charge in [-0.1, -0.05) is 11.6 Å². The first-order chi connectivity index (χ1) is 7.22. The van der Waals surface area contributed by atoms with E-state index in [2.05, 4.69) is 18.0 Å². The fourth-order valence-corrected chi connectivity index (χ4v) is 2.50. The van der Waals surface area contributed by atoms with E-state index in [0.29, 0.717) is 0 Å². The molecule has 0 atom stereocenters. The second-order valence-corrected chi connectivity index (χ2v) is 5.55. The van der Waals surface area contributed by atoms with E-state index < -0.39 is 0 Å². The molecule has 0 aliphatic rings. The number of rotatable bonds is 7. The fraction of sp³-hybridized carbons (Fsp3) is 0.636. The number of thiophene rings is 1. The normalized spacial score (nSPS) is 11.2. The van der Waals surface area contributed by atoms with Gasteiger partial charge in [0, 0.05) is 11.4 Å². The first-order valence-corrected chi connectivity index (χ1v) is 6.54. The van der Waals surface area contributed by atoms with Crippen molar-refractivity contribution in [2.75, 3.05) is 26.7 Å². The summed E-state index contributed by atoms with van der Waals surface area (Å²) >= 11 is 7.55. The van der Waals surface area contributed by atoms with Crippen LogP contribution in [0.2, 0.25) is 4.34 Å². The predicted octanol–water partition coefficient (Wildman–Crippen LogP) is 2.61. The standard InChI is InChI=1S/C11H19ClN2S/c1-14(8-3-2-7-13)9-6-10-4-5-11(12)15-10/h4-5H,2-3,6-9,13H2,1H3. The first-order valence-electron chi connectivity index (χ1n) is 5.35. The van der Waals surface area contributed by atoms with Crippen LogP contribution in [0.15, 0.2) is 12.1 Å². The van der Waals surface area contributed by atoms with E-state index >= 15 is 0 Å². The predicted molar refractivity (Wildman–Crippen MR) is 68.8 cm³/mol. The molecular formula is C11H19ClN2S. The summed E-state index contributed by atoms with van der Waals surface area (Å²) in [6.07, 6.45) is 3.41. The molecule has 1 aromatic rings. The summed E-state index contributed by atoms with van der Waals surface area (Å²) in [5.41, 5.74) is 5.45. The fourth-order valence-electron chi connectivity index (χ4n) is 1.43. The molecule has 1 aromatic heterocycles. The maximum atomic E-state index is 5.87. The molecule has 0 bridgehead atoms. The highest BCUT2D eigenvalue weighted by molar-refractivity contribution is 7.16. The molecule has 1 heterocycles. The molecule has 2 N–H and O–H groups in total. The molecular weight excluding hydrogens is 228 g/mol. The van der Waals surface area contributed by atoms with Crippen LogP contribution < -0.4 is 5.73 Å². The van der Waals surface area contributed by atoms with E-state index in [1.54, 1.807) is 11.3 Å². The average Bonchev–Trinajstić information content (AvgIpc) is 2.62. The topological polar surface area (TPSA) is 29.3 Å². The van der Waals surface area contributed by atoms with Gasteiger partial charge in [-0.05, 0) is 51.5 Å². The Hall–Kier alpha value is -0.0900. The lowest BCUT2D eigenvalue weighted by Crippen LogP contribution is -2.22. The molecule has 0 fully saturated rings. The monoisotopic (exact) mass is 246 g/mol. The Labute approximate surface area is 101 Å². The van der Waals surface area contributed by atoms with E-state index in [4.69, 9.17) is 17.3 Å². The van der Waals surface area contributed by atoms with Crippen molar-refractivity contribution < 1.29 is 0 Å². The second-order valence-electron chi connectivity index (χ2n) is 3.75. The maximum absolute atomic E-state index is 5.87. The van der Waals surface area contributed by atoms with Gasteiger partial charge in [0.1, 0.15) is 0 Å². The summed E-state index contributed by atoms with van der Waals surface area (Å²) in [4.78, 5) is 3.72. The lowest BCUT2D eigenvalue weighted by Gasteiger charge is -2.15. The average molecular weight is 247 g/mol. The van der Waals surface area contributed by atoms with Crippen molar-refractivity contribution >= 4 is 22.9 Å². The lowest BCUT2D eigenvalue weighted by molar-refractivity contribution is 0.331. The van der Waals surface area contributed by atoms with Crippen molar-refractivity contribution in [3.8, 4) is 0 Å². The Morgan fingerprint density at radius 3 is 2.73 bits per heavy atom. The molecule has 0 saturated carbocycles. The highest BCUT2D eigenvalue weighted by atomic mass is 35.5. The van der Waals surface area contributed by atoms with Gasteiger partial charge in [0.25, 0.3) is 0 Å². The zero-order valence-corrected chi connectivity index (χ0v) is 10.8. The zero-order chi connectivity index (χ0) is 11.1. The molecule has 0 unspecified atom stereocenters. The Kier molecular flexibility index (Phi) is 6.25. The Morgan fingerprint density at radius 2 is 2.13 bits per heavy atom. The van der Waals surface area contributed by atoms with E-state index in [1.165, 1.54) is 11.3 Å². The lowest BCUT2D eigenvalue weighted by atomic mass is 10.3. The van der Waals surface area contributed by atoms with Crippen LogP contribution >= 0.6 is 22.9 Å². The van der Waals surface area contributed by atoms with Crippen LogP contribution in [-0.2, 0) is 6.42 Å². The molecule has 0 aliphatic carbocycles. The Bertz CT molecular complexity index is 275. The molecule has 4 heteroatoms. The molecule has 0 saturated heterocycles. The van der Waals surface area contributed by atoms with Gasteiger partial charge in [0.05, 0.1) is 4.34 Å². The van der Waals surface area contributed by atoms with Gasteiger partial charge in [-0.2, -0.15) is 0 Å². The number of unbranched alkanes of at least 4 members (excludes halogenated alkanes) is 1. The van der Waals surface area contributed by atoms with Crippen LogP contribution in [-0.4, -0.2) is 31.6 Å². The minimum absolute atomic E-state index is 0.800. The second kappa shape index (κ2) is 7.23. The molecule has 86 valence electrons. The summed E-state index contributed by atoms with van der Waals surface area (Å²) < 4.78 is 0.885. The molecule has 15 heavy (non-hydrogen) atoms. The maximum Gasteiger partial charge on any atom is 0.0931 e. The van der Waals surface area contributed by atoms with Gasteiger partial charge in [-0.3, -0.25) is 0 Å². The molecule has 0 spiro atoms. The number of halogens is 1. The van der Waals surface area contributed by atoms with Gasteiger partial charge in [0.15, 0.2) is 0 Å². The molecule has 0 radical (unpaired) electrons. The minimum Gasteiger partial charge on any atom is -0.330 e. The zero-order valence-electron chi connectivity index (χ0n) is 9.21. The van der Waals surface area contributed by atoms with E-state index in [9.17, 15) is 0 Å². The highest BCUT2D eigenvalue weighted by Crippen LogP contribution is 2.21. The number of hydrogen-bond donors (Lipinski definition) is 1. The van der Waals surface area contributed by atoms with Gasteiger partial charge in [-0.25, -0.2) is 0 Å². The number of hydrogen-bond acceptors (Lipinski definition) is 3. The number of nitrogens with zero attached hydrogens (tertiary/aromatic N) is 1. The van der Waals surface area contributed by atoms with Crippen LogP contribution in [0, 0.1) is 0 Å². The summed E-state index contributed by atoms with van der Waals surface area (Å²) in [7, 11) is 2.16. The summed E-state index contributed by atoms with van der Waals surface area (Å²) in [6, 6.07) is 4.08. The van der Waals surface area contributed by atoms with Gasteiger partial charge < -0.3 is 10.6 Å². The van der Waals surface area contributed by atoms with E-state index in [0.717, 1.165) is 36.8 Å². The highest BCUT2D eigenvalue weighted by Gasteiger charge is 2.01. The first kappa shape index (κ1) is 13.0. The Morgan fingerprint density at radius 1 is 1.33 bits per heavy atom. The van der Waals surface area contributed by atoms with Crippen molar-refractivity contribution in [3.63, 3.8) is 0 Å². The van der Waals surface area contributed by atoms with Gasteiger partial charge >= 0.3 is 0 Å². The molecule has 2 nitrogen and oxygen atoms in total. The van der Waals surface area contributed by atoms with E-state index in [-0.39, 0.29) is 0 Å².